The Morgan fingerprint density at radius 2 is 0.651 bits per heavy atom. The molecule has 2 aromatic heterocycles. The van der Waals surface area contributed by atoms with Gasteiger partial charge in [0, 0.05) is 38.8 Å². The van der Waals surface area contributed by atoms with Gasteiger partial charge in [-0.25, -0.2) is 24.9 Å². The zero-order valence-corrected chi connectivity index (χ0v) is 34.9. The largest absolute Gasteiger partial charge is 0.228 e. The van der Waals surface area contributed by atoms with Crippen LogP contribution in [0.1, 0.15) is 25.0 Å². The summed E-state index contributed by atoms with van der Waals surface area (Å²) in [5.74, 6) is 2.55. The molecule has 10 aromatic rings. The first-order valence-corrected chi connectivity index (χ1v) is 21.3. The molecule has 1 aliphatic carbocycles. The molecule has 5 heteroatoms. The Bertz CT molecular complexity index is 3290. The number of aromatic nitrogens is 5. The van der Waals surface area contributed by atoms with Crippen LogP contribution in [0.4, 0.5) is 0 Å². The lowest BCUT2D eigenvalue weighted by atomic mass is 9.82. The van der Waals surface area contributed by atoms with E-state index in [1.807, 2.05) is 42.5 Å². The highest BCUT2D eigenvalue weighted by molar-refractivity contribution is 5.84. The van der Waals surface area contributed by atoms with Crippen LogP contribution in [0.5, 0.6) is 0 Å². The Kier molecular flexibility index (Phi) is 9.43. The maximum Gasteiger partial charge on any atom is 0.164 e. The molecule has 0 amide bonds. The van der Waals surface area contributed by atoms with Gasteiger partial charge in [-0.3, -0.25) is 0 Å². The molecule has 0 atom stereocenters. The number of rotatable bonds is 8. The number of hydrogen-bond acceptors (Lipinski definition) is 5. The number of nitrogens with zero attached hydrogens (tertiary/aromatic N) is 5. The first-order valence-electron chi connectivity index (χ1n) is 21.3. The normalized spacial score (nSPS) is 12.4. The maximum absolute atomic E-state index is 5.28. The standard InChI is InChI=1S/C58H41N5/c1-58(2)50-27-13-12-26-48(50)49-33-32-47(36-51(49)58)56-59-52(40-18-8-4-9-19-40)37-53(60-56)45-24-14-22-43(34-45)44-23-15-25-46(35-44)57-62-54(41-20-10-5-11-21-41)61-55(63-57)42-30-28-39(29-31-42)38-16-6-3-7-17-38/h3-37H,1-2H3. The van der Waals surface area contributed by atoms with E-state index in [0.717, 1.165) is 67.0 Å². The van der Waals surface area contributed by atoms with Crippen molar-refractivity contribution in [3.05, 3.63) is 223 Å². The van der Waals surface area contributed by atoms with Gasteiger partial charge in [0.15, 0.2) is 23.3 Å². The molecular weight excluding hydrogens is 767 g/mol. The van der Waals surface area contributed by atoms with Crippen molar-refractivity contribution in [3.63, 3.8) is 0 Å². The minimum atomic E-state index is -0.134. The smallest absolute Gasteiger partial charge is 0.164 e. The van der Waals surface area contributed by atoms with E-state index in [1.165, 1.54) is 22.3 Å². The van der Waals surface area contributed by atoms with Gasteiger partial charge in [0.2, 0.25) is 0 Å². The third kappa shape index (κ3) is 7.19. The van der Waals surface area contributed by atoms with Crippen LogP contribution in [0, 0.1) is 0 Å². The lowest BCUT2D eigenvalue weighted by molar-refractivity contribution is 0.660. The fourth-order valence-corrected chi connectivity index (χ4v) is 8.81. The highest BCUT2D eigenvalue weighted by Gasteiger charge is 2.35. The Labute approximate surface area is 367 Å². The Hall–Kier alpha value is -8.15. The van der Waals surface area contributed by atoms with Gasteiger partial charge in [0.1, 0.15) is 0 Å². The van der Waals surface area contributed by atoms with Crippen LogP contribution >= 0.6 is 0 Å². The van der Waals surface area contributed by atoms with Gasteiger partial charge in [-0.1, -0.05) is 202 Å². The molecule has 0 aliphatic heterocycles. The van der Waals surface area contributed by atoms with Crippen molar-refractivity contribution in [2.45, 2.75) is 19.3 Å². The van der Waals surface area contributed by atoms with E-state index in [2.05, 4.69) is 184 Å². The fraction of sp³-hybridized carbons (Fsp3) is 0.0517. The summed E-state index contributed by atoms with van der Waals surface area (Å²) in [6.45, 7) is 4.61. The Morgan fingerprint density at radius 3 is 1.32 bits per heavy atom. The average Bonchev–Trinajstić information content (AvgIpc) is 3.59. The first kappa shape index (κ1) is 37.8. The molecule has 2 heterocycles. The van der Waals surface area contributed by atoms with Crippen LogP contribution < -0.4 is 0 Å². The summed E-state index contributed by atoms with van der Waals surface area (Å²) < 4.78 is 0. The molecule has 0 fully saturated rings. The predicted molar refractivity (Wildman–Crippen MR) is 256 cm³/mol. The van der Waals surface area contributed by atoms with E-state index in [9.17, 15) is 0 Å². The van der Waals surface area contributed by atoms with Crippen molar-refractivity contribution >= 4 is 0 Å². The molecule has 63 heavy (non-hydrogen) atoms. The summed E-state index contributed by atoms with van der Waals surface area (Å²) >= 11 is 0. The fourth-order valence-electron chi connectivity index (χ4n) is 8.81. The summed E-state index contributed by atoms with van der Waals surface area (Å²) in [5, 5.41) is 0. The zero-order valence-electron chi connectivity index (χ0n) is 34.9. The van der Waals surface area contributed by atoms with Crippen LogP contribution in [0.25, 0.3) is 101 Å². The summed E-state index contributed by atoms with van der Waals surface area (Å²) in [5.41, 5.74) is 17.0. The van der Waals surface area contributed by atoms with Crippen LogP contribution in [0.2, 0.25) is 0 Å². The van der Waals surface area contributed by atoms with E-state index in [4.69, 9.17) is 24.9 Å². The number of benzene rings is 8. The van der Waals surface area contributed by atoms with Crippen molar-refractivity contribution in [1.82, 2.24) is 24.9 Å². The number of hydrogen-bond donors (Lipinski definition) is 0. The second-order valence-corrected chi connectivity index (χ2v) is 16.5. The average molecular weight is 808 g/mol. The summed E-state index contributed by atoms with van der Waals surface area (Å²) in [6.07, 6.45) is 0. The molecule has 5 nitrogen and oxygen atoms in total. The topological polar surface area (TPSA) is 64.5 Å². The molecule has 0 unspecified atom stereocenters. The van der Waals surface area contributed by atoms with Gasteiger partial charge in [-0.05, 0) is 68.8 Å². The second-order valence-electron chi connectivity index (χ2n) is 16.5. The van der Waals surface area contributed by atoms with Crippen molar-refractivity contribution in [2.24, 2.45) is 0 Å². The molecule has 11 rings (SSSR count). The molecule has 0 N–H and O–H groups in total. The van der Waals surface area contributed by atoms with E-state index < -0.39 is 0 Å². The van der Waals surface area contributed by atoms with Gasteiger partial charge >= 0.3 is 0 Å². The van der Waals surface area contributed by atoms with Gasteiger partial charge in [-0.15, -0.1) is 0 Å². The third-order valence-electron chi connectivity index (χ3n) is 12.2. The molecule has 0 spiro atoms. The molecule has 0 saturated carbocycles. The quantitative estimate of drug-likeness (QED) is 0.153. The molecule has 0 bridgehead atoms. The highest BCUT2D eigenvalue weighted by atomic mass is 15.0. The summed E-state index contributed by atoms with van der Waals surface area (Å²) in [4.78, 5) is 25.6. The van der Waals surface area contributed by atoms with Gasteiger partial charge in [-0.2, -0.15) is 0 Å². The SMILES string of the molecule is CC1(C)c2ccccc2-c2ccc(-c3nc(-c4ccccc4)cc(-c4cccc(-c5cccc(-c6nc(-c7ccccc7)nc(-c7ccc(-c8ccccc8)cc7)n6)c5)c4)n3)cc21. The van der Waals surface area contributed by atoms with Crippen LogP contribution in [0.3, 0.4) is 0 Å². The maximum atomic E-state index is 5.28. The van der Waals surface area contributed by atoms with Crippen molar-refractivity contribution in [2.75, 3.05) is 0 Å². The molecule has 0 saturated heterocycles. The highest BCUT2D eigenvalue weighted by Crippen LogP contribution is 2.49. The van der Waals surface area contributed by atoms with E-state index in [-0.39, 0.29) is 5.41 Å². The Morgan fingerprint density at radius 1 is 0.254 bits per heavy atom. The molecule has 1 aliphatic rings. The molecular formula is C58H41N5. The van der Waals surface area contributed by atoms with Gasteiger partial charge < -0.3 is 0 Å². The van der Waals surface area contributed by atoms with Crippen molar-refractivity contribution < 1.29 is 0 Å². The Balaban J connectivity index is 0.974. The van der Waals surface area contributed by atoms with Gasteiger partial charge in [0.05, 0.1) is 11.4 Å². The molecule has 298 valence electrons. The van der Waals surface area contributed by atoms with Crippen LogP contribution in [-0.4, -0.2) is 24.9 Å². The van der Waals surface area contributed by atoms with E-state index >= 15 is 0 Å². The van der Waals surface area contributed by atoms with Crippen LogP contribution in [-0.2, 0) is 5.41 Å². The van der Waals surface area contributed by atoms with Gasteiger partial charge in [0.25, 0.3) is 0 Å². The monoisotopic (exact) mass is 807 g/mol. The first-order chi connectivity index (χ1) is 30.9. The molecule has 0 radical (unpaired) electrons. The van der Waals surface area contributed by atoms with Crippen molar-refractivity contribution in [1.29, 1.82) is 0 Å². The van der Waals surface area contributed by atoms with E-state index in [0.29, 0.717) is 23.3 Å². The predicted octanol–water partition coefficient (Wildman–Crippen LogP) is 14.3. The van der Waals surface area contributed by atoms with Crippen molar-refractivity contribution in [3.8, 4) is 101 Å². The summed E-state index contributed by atoms with van der Waals surface area (Å²) in [7, 11) is 0. The minimum absolute atomic E-state index is 0.134. The zero-order chi connectivity index (χ0) is 42.3. The van der Waals surface area contributed by atoms with Crippen LogP contribution in [0.15, 0.2) is 212 Å². The lowest BCUT2D eigenvalue weighted by Gasteiger charge is -2.21. The van der Waals surface area contributed by atoms with E-state index in [1.54, 1.807) is 0 Å². The lowest BCUT2D eigenvalue weighted by Crippen LogP contribution is -2.15. The second kappa shape index (κ2) is 15.7. The number of fused-ring (bicyclic) bond motifs is 3. The molecule has 8 aromatic carbocycles. The third-order valence-corrected chi connectivity index (χ3v) is 12.2. The minimum Gasteiger partial charge on any atom is -0.228 e. The summed E-state index contributed by atoms with van der Waals surface area (Å²) in [6, 6.07) is 73.8.